The molecule has 0 saturated heterocycles. The third-order valence-corrected chi connectivity index (χ3v) is 3.99. The van der Waals surface area contributed by atoms with Crippen LogP contribution in [-0.4, -0.2) is 23.4 Å². The average Bonchev–Trinajstić information content (AvgIpc) is 2.43. The maximum absolute atomic E-state index is 12.7. The fourth-order valence-corrected chi connectivity index (χ4v) is 2.82. The number of benzene rings is 2. The fourth-order valence-electron chi connectivity index (χ4n) is 2.44. The highest BCUT2D eigenvalue weighted by Gasteiger charge is 2.19. The summed E-state index contributed by atoms with van der Waals surface area (Å²) in [6.45, 7) is 9.20. The van der Waals surface area contributed by atoms with Gasteiger partial charge in [0.15, 0.2) is 0 Å². The smallest absolute Gasteiger partial charge is 0.254 e. The third-order valence-electron chi connectivity index (χ3n) is 3.50. The summed E-state index contributed by atoms with van der Waals surface area (Å²) >= 11 is 3.47. The zero-order valence-corrected chi connectivity index (χ0v) is 14.6. The third kappa shape index (κ3) is 3.85. The molecule has 112 valence electrons. The van der Waals surface area contributed by atoms with Gasteiger partial charge >= 0.3 is 0 Å². The average molecular weight is 348 g/mol. The van der Waals surface area contributed by atoms with Gasteiger partial charge in [-0.05, 0) is 54.8 Å². The number of carbonyl (C=O) groups excluding carboxylic acids is 1. The highest BCUT2D eigenvalue weighted by atomic mass is 79.9. The van der Waals surface area contributed by atoms with Gasteiger partial charge in [-0.3, -0.25) is 4.79 Å². The molecule has 0 N–H and O–H groups in total. The second-order valence-corrected chi connectivity index (χ2v) is 7.07. The van der Waals surface area contributed by atoms with Crippen LogP contribution >= 0.6 is 15.9 Å². The van der Waals surface area contributed by atoms with Crippen LogP contribution in [0.1, 0.15) is 38.1 Å². The zero-order valence-electron chi connectivity index (χ0n) is 13.1. The van der Waals surface area contributed by atoms with Gasteiger partial charge in [0.2, 0.25) is 0 Å². The molecule has 0 fully saturated rings. The van der Waals surface area contributed by atoms with Crippen LogP contribution in [0.15, 0.2) is 40.9 Å². The van der Waals surface area contributed by atoms with E-state index >= 15 is 0 Å². The lowest BCUT2D eigenvalue weighted by atomic mass is 10.0. The summed E-state index contributed by atoms with van der Waals surface area (Å²) in [4.78, 5) is 14.7. The summed E-state index contributed by atoms with van der Waals surface area (Å²) in [5, 5.41) is 2.23. The van der Waals surface area contributed by atoms with Crippen molar-refractivity contribution >= 4 is 32.6 Å². The Bertz CT molecular complexity index is 649. The summed E-state index contributed by atoms with van der Waals surface area (Å²) in [6, 6.07) is 12.2. The van der Waals surface area contributed by atoms with Crippen molar-refractivity contribution in [3.8, 4) is 0 Å². The van der Waals surface area contributed by atoms with Crippen molar-refractivity contribution < 1.29 is 4.79 Å². The highest BCUT2D eigenvalue weighted by Crippen LogP contribution is 2.22. The minimum atomic E-state index is 0.114. The predicted octanol–water partition coefficient (Wildman–Crippen LogP) is 5.11. The topological polar surface area (TPSA) is 20.3 Å². The first kappa shape index (κ1) is 16.0. The quantitative estimate of drug-likeness (QED) is 0.752. The molecule has 0 aromatic heterocycles. The van der Waals surface area contributed by atoms with E-state index in [0.717, 1.165) is 27.4 Å². The number of hydrogen-bond acceptors (Lipinski definition) is 1. The lowest BCUT2D eigenvalue weighted by Crippen LogP contribution is -2.39. The molecule has 3 heteroatoms. The van der Waals surface area contributed by atoms with Crippen LogP contribution in [0, 0.1) is 5.92 Å². The molecule has 0 aliphatic heterocycles. The Hall–Kier alpha value is -1.35. The molecule has 21 heavy (non-hydrogen) atoms. The van der Waals surface area contributed by atoms with E-state index < -0.39 is 0 Å². The molecule has 0 saturated carbocycles. The number of fused-ring (bicyclic) bond motifs is 1. The maximum Gasteiger partial charge on any atom is 0.254 e. The fraction of sp³-hybridized carbons (Fsp3) is 0.389. The van der Waals surface area contributed by atoms with E-state index in [9.17, 15) is 4.79 Å². The van der Waals surface area contributed by atoms with Gasteiger partial charge in [-0.15, -0.1) is 0 Å². The Kier molecular flexibility index (Phi) is 5.04. The standard InChI is InChI=1S/C18H22BrNO/c1-12(2)11-20(13(3)4)18(21)16-6-5-15-10-17(19)8-7-14(15)9-16/h5-10,12-13H,11H2,1-4H3. The molecule has 1 amide bonds. The van der Waals surface area contributed by atoms with Crippen LogP contribution in [0.4, 0.5) is 0 Å². The van der Waals surface area contributed by atoms with Crippen molar-refractivity contribution in [3.63, 3.8) is 0 Å². The van der Waals surface area contributed by atoms with Gasteiger partial charge in [-0.1, -0.05) is 41.9 Å². The highest BCUT2D eigenvalue weighted by molar-refractivity contribution is 9.10. The monoisotopic (exact) mass is 347 g/mol. The molecule has 0 radical (unpaired) electrons. The summed E-state index contributed by atoms with van der Waals surface area (Å²) in [5.74, 6) is 0.580. The first-order chi connectivity index (χ1) is 9.88. The Morgan fingerprint density at radius 2 is 1.67 bits per heavy atom. The molecule has 0 heterocycles. The predicted molar refractivity (Wildman–Crippen MR) is 92.7 cm³/mol. The molecule has 0 aliphatic carbocycles. The first-order valence-corrected chi connectivity index (χ1v) is 8.18. The van der Waals surface area contributed by atoms with Crippen LogP contribution in [0.5, 0.6) is 0 Å². The molecule has 0 bridgehead atoms. The molecular weight excluding hydrogens is 326 g/mol. The summed E-state index contributed by atoms with van der Waals surface area (Å²) in [7, 11) is 0. The minimum absolute atomic E-state index is 0.114. The van der Waals surface area contributed by atoms with Gasteiger partial charge < -0.3 is 4.90 Å². The SMILES string of the molecule is CC(C)CN(C(=O)c1ccc2cc(Br)ccc2c1)C(C)C. The molecule has 2 rings (SSSR count). The van der Waals surface area contributed by atoms with Gasteiger partial charge in [0.1, 0.15) is 0 Å². The van der Waals surface area contributed by atoms with Crippen LogP contribution in [0.25, 0.3) is 10.8 Å². The Morgan fingerprint density at radius 1 is 1.05 bits per heavy atom. The number of nitrogens with zero attached hydrogens (tertiary/aromatic N) is 1. The Labute approximate surface area is 135 Å². The summed E-state index contributed by atoms with van der Waals surface area (Å²) in [6.07, 6.45) is 0. The lowest BCUT2D eigenvalue weighted by Gasteiger charge is -2.28. The van der Waals surface area contributed by atoms with E-state index in [0.29, 0.717) is 5.92 Å². The lowest BCUT2D eigenvalue weighted by molar-refractivity contribution is 0.0682. The van der Waals surface area contributed by atoms with Crippen molar-refractivity contribution in [2.24, 2.45) is 5.92 Å². The van der Waals surface area contributed by atoms with Gasteiger partial charge in [-0.2, -0.15) is 0 Å². The maximum atomic E-state index is 12.7. The van der Waals surface area contributed by atoms with Gasteiger partial charge in [0.05, 0.1) is 0 Å². The molecule has 0 atom stereocenters. The molecule has 0 spiro atoms. The summed E-state index contributed by atoms with van der Waals surface area (Å²) < 4.78 is 1.05. The number of halogens is 1. The van der Waals surface area contributed by atoms with E-state index in [2.05, 4.69) is 49.7 Å². The Balaban J connectivity index is 2.35. The molecule has 2 nitrogen and oxygen atoms in total. The van der Waals surface area contributed by atoms with E-state index in [4.69, 9.17) is 0 Å². The van der Waals surface area contributed by atoms with E-state index in [1.165, 1.54) is 0 Å². The first-order valence-electron chi connectivity index (χ1n) is 7.38. The van der Waals surface area contributed by atoms with Crippen molar-refractivity contribution in [3.05, 3.63) is 46.4 Å². The number of hydrogen-bond donors (Lipinski definition) is 0. The number of amides is 1. The molecule has 2 aromatic carbocycles. The van der Waals surface area contributed by atoms with E-state index in [1.54, 1.807) is 0 Å². The van der Waals surface area contributed by atoms with Crippen molar-refractivity contribution in [1.82, 2.24) is 4.90 Å². The Morgan fingerprint density at radius 3 is 2.29 bits per heavy atom. The van der Waals surface area contributed by atoms with Crippen LogP contribution in [-0.2, 0) is 0 Å². The normalized spacial score (nSPS) is 11.4. The van der Waals surface area contributed by atoms with Crippen LogP contribution < -0.4 is 0 Å². The second kappa shape index (κ2) is 6.61. The van der Waals surface area contributed by atoms with Crippen molar-refractivity contribution in [1.29, 1.82) is 0 Å². The summed E-state index contributed by atoms with van der Waals surface area (Å²) in [5.41, 5.74) is 0.763. The van der Waals surface area contributed by atoms with Crippen LogP contribution in [0.2, 0.25) is 0 Å². The second-order valence-electron chi connectivity index (χ2n) is 6.15. The zero-order chi connectivity index (χ0) is 15.6. The van der Waals surface area contributed by atoms with Crippen LogP contribution in [0.3, 0.4) is 0 Å². The van der Waals surface area contributed by atoms with E-state index in [1.807, 2.05) is 35.2 Å². The number of carbonyl (C=O) groups is 1. The van der Waals surface area contributed by atoms with Crippen molar-refractivity contribution in [2.75, 3.05) is 6.54 Å². The molecule has 0 unspecified atom stereocenters. The van der Waals surface area contributed by atoms with Gasteiger partial charge in [0.25, 0.3) is 5.91 Å². The molecule has 2 aromatic rings. The van der Waals surface area contributed by atoms with Crippen molar-refractivity contribution in [2.45, 2.75) is 33.7 Å². The van der Waals surface area contributed by atoms with E-state index in [-0.39, 0.29) is 11.9 Å². The van der Waals surface area contributed by atoms with Gasteiger partial charge in [-0.25, -0.2) is 0 Å². The minimum Gasteiger partial charge on any atom is -0.336 e. The number of rotatable bonds is 4. The van der Waals surface area contributed by atoms with Gasteiger partial charge in [0, 0.05) is 22.6 Å². The largest absolute Gasteiger partial charge is 0.336 e. The molecular formula is C18H22BrNO. The molecule has 0 aliphatic rings.